The molecule has 0 aliphatic carbocycles. The minimum atomic E-state index is -4.46. The summed E-state index contributed by atoms with van der Waals surface area (Å²) in [5, 5.41) is 7.05. The van der Waals surface area contributed by atoms with Crippen molar-refractivity contribution in [2.45, 2.75) is 40.1 Å². The molecule has 0 aliphatic heterocycles. The third-order valence-electron chi connectivity index (χ3n) is 4.93. The molecule has 0 radical (unpaired) electrons. The molecule has 3 aromatic rings. The van der Waals surface area contributed by atoms with Crippen LogP contribution in [0, 0.1) is 13.8 Å². The number of hydrogen-bond donors (Lipinski definition) is 1. The summed E-state index contributed by atoms with van der Waals surface area (Å²) in [6.07, 6.45) is -4.46. The molecule has 182 valence electrons. The van der Waals surface area contributed by atoms with E-state index in [2.05, 4.69) is 15.2 Å². The number of aryl methyl sites for hydroxylation is 1. The lowest BCUT2D eigenvalue weighted by Crippen LogP contribution is -2.14. The Labute approximate surface area is 192 Å². The van der Waals surface area contributed by atoms with E-state index in [1.54, 1.807) is 26.8 Å². The van der Waals surface area contributed by atoms with Crippen LogP contribution in [-0.4, -0.2) is 28.9 Å². The van der Waals surface area contributed by atoms with Gasteiger partial charge in [-0.15, -0.1) is 0 Å². The van der Waals surface area contributed by atoms with Gasteiger partial charge in [0.1, 0.15) is 0 Å². The second-order valence-corrected chi connectivity index (χ2v) is 7.33. The first kappa shape index (κ1) is 25.0. The van der Waals surface area contributed by atoms with Crippen LogP contribution in [0.3, 0.4) is 0 Å². The van der Waals surface area contributed by atoms with E-state index >= 15 is 0 Å². The predicted molar refractivity (Wildman–Crippen MR) is 114 cm³/mol. The van der Waals surface area contributed by atoms with Crippen LogP contribution in [0.5, 0.6) is 11.5 Å². The molecule has 0 unspecified atom stereocenters. The van der Waals surface area contributed by atoms with Crippen LogP contribution in [0.4, 0.5) is 27.6 Å². The molecular weight excluding hydrogens is 461 g/mol. The van der Waals surface area contributed by atoms with Crippen molar-refractivity contribution in [3.8, 4) is 11.5 Å². The van der Waals surface area contributed by atoms with Crippen molar-refractivity contribution >= 4 is 11.6 Å². The van der Waals surface area contributed by atoms with Crippen LogP contribution in [0.15, 0.2) is 42.5 Å². The third kappa shape index (κ3) is 5.83. The van der Waals surface area contributed by atoms with Crippen LogP contribution in [0.1, 0.15) is 39.8 Å². The number of carbonyl (C=O) groups excluding carboxylic acids is 1. The summed E-state index contributed by atoms with van der Waals surface area (Å²) in [7, 11) is 0. The Bertz CT molecular complexity index is 1180. The highest BCUT2D eigenvalue weighted by Gasteiger charge is 2.30. The lowest BCUT2D eigenvalue weighted by Gasteiger charge is -2.13. The van der Waals surface area contributed by atoms with E-state index in [0.29, 0.717) is 22.6 Å². The molecule has 0 aliphatic rings. The number of rotatable bonds is 8. The monoisotopic (exact) mass is 483 g/mol. The van der Waals surface area contributed by atoms with Gasteiger partial charge in [0.05, 0.1) is 35.8 Å². The number of carbonyl (C=O) groups is 1. The van der Waals surface area contributed by atoms with Gasteiger partial charge in [0.2, 0.25) is 0 Å². The van der Waals surface area contributed by atoms with Crippen molar-refractivity contribution in [3.63, 3.8) is 0 Å². The van der Waals surface area contributed by atoms with Gasteiger partial charge in [0, 0.05) is 5.56 Å². The molecule has 0 spiro atoms. The molecule has 0 saturated carbocycles. The highest BCUT2D eigenvalue weighted by molar-refractivity contribution is 6.05. The SMILES string of the molecule is CCOc1cc(C(=O)Nc2c(C)nn(Cc3cccc(C(F)(F)F)c3)c2C)ccc1OC(F)F. The normalized spacial score (nSPS) is 11.6. The predicted octanol–water partition coefficient (Wildman–Crippen LogP) is 5.82. The average molecular weight is 483 g/mol. The lowest BCUT2D eigenvalue weighted by molar-refractivity contribution is -0.137. The highest BCUT2D eigenvalue weighted by Crippen LogP contribution is 2.32. The van der Waals surface area contributed by atoms with Gasteiger partial charge >= 0.3 is 12.8 Å². The fraction of sp³-hybridized carbons (Fsp3) is 0.304. The number of alkyl halides is 5. The quantitative estimate of drug-likeness (QED) is 0.410. The second-order valence-electron chi connectivity index (χ2n) is 7.33. The summed E-state index contributed by atoms with van der Waals surface area (Å²) in [6, 6.07) is 8.73. The van der Waals surface area contributed by atoms with Crippen molar-refractivity contribution in [1.29, 1.82) is 0 Å². The van der Waals surface area contributed by atoms with Crippen molar-refractivity contribution in [3.05, 3.63) is 70.5 Å². The molecule has 3 rings (SSSR count). The molecule has 1 aromatic heterocycles. The molecule has 0 atom stereocenters. The Balaban J connectivity index is 1.82. The summed E-state index contributed by atoms with van der Waals surface area (Å²) < 4.78 is 75.4. The van der Waals surface area contributed by atoms with E-state index in [1.165, 1.54) is 28.9 Å². The summed E-state index contributed by atoms with van der Waals surface area (Å²) in [5.74, 6) is -0.756. The van der Waals surface area contributed by atoms with Crippen LogP contribution in [0.25, 0.3) is 0 Å². The minimum Gasteiger partial charge on any atom is -0.490 e. The van der Waals surface area contributed by atoms with E-state index in [-0.39, 0.29) is 30.2 Å². The molecule has 2 aromatic carbocycles. The number of anilines is 1. The number of aromatic nitrogens is 2. The maximum atomic E-state index is 13.0. The molecular formula is C23H22F5N3O3. The first-order chi connectivity index (χ1) is 16.0. The van der Waals surface area contributed by atoms with Gasteiger partial charge in [-0.2, -0.15) is 27.1 Å². The van der Waals surface area contributed by atoms with Crippen LogP contribution < -0.4 is 14.8 Å². The van der Waals surface area contributed by atoms with Gasteiger partial charge in [-0.3, -0.25) is 9.48 Å². The standard InChI is InChI=1S/C23H22F5N3O3/c1-4-33-19-11-16(8-9-18(19)34-22(24)25)21(32)29-20-13(2)30-31(14(20)3)12-15-6-5-7-17(10-15)23(26,27)28/h5-11,22H,4,12H2,1-3H3,(H,29,32). The zero-order chi connectivity index (χ0) is 25.0. The number of amides is 1. The maximum absolute atomic E-state index is 13.0. The van der Waals surface area contributed by atoms with E-state index < -0.39 is 24.3 Å². The first-order valence-corrected chi connectivity index (χ1v) is 10.2. The number of hydrogen-bond acceptors (Lipinski definition) is 4. The largest absolute Gasteiger partial charge is 0.490 e. The van der Waals surface area contributed by atoms with E-state index in [0.717, 1.165) is 12.1 Å². The Kier molecular flexibility index (Phi) is 7.43. The highest BCUT2D eigenvalue weighted by atomic mass is 19.4. The van der Waals surface area contributed by atoms with Crippen LogP contribution in [0.2, 0.25) is 0 Å². The van der Waals surface area contributed by atoms with E-state index in [9.17, 15) is 26.7 Å². The smallest absolute Gasteiger partial charge is 0.416 e. The summed E-state index contributed by atoms with van der Waals surface area (Å²) in [4.78, 5) is 12.8. The molecule has 0 saturated heterocycles. The fourth-order valence-corrected chi connectivity index (χ4v) is 3.35. The average Bonchev–Trinajstić information content (AvgIpc) is 3.01. The molecule has 1 N–H and O–H groups in total. The zero-order valence-corrected chi connectivity index (χ0v) is 18.5. The van der Waals surface area contributed by atoms with Gasteiger partial charge in [0.25, 0.3) is 5.91 Å². The number of ether oxygens (including phenoxy) is 2. The van der Waals surface area contributed by atoms with Crippen molar-refractivity contribution in [2.75, 3.05) is 11.9 Å². The van der Waals surface area contributed by atoms with Crippen molar-refractivity contribution in [2.24, 2.45) is 0 Å². The first-order valence-electron chi connectivity index (χ1n) is 10.2. The third-order valence-corrected chi connectivity index (χ3v) is 4.93. The van der Waals surface area contributed by atoms with Crippen molar-refractivity contribution in [1.82, 2.24) is 9.78 Å². The Morgan fingerprint density at radius 2 is 1.85 bits per heavy atom. The molecule has 6 nitrogen and oxygen atoms in total. The van der Waals surface area contributed by atoms with Crippen LogP contribution in [-0.2, 0) is 12.7 Å². The minimum absolute atomic E-state index is 0.0101. The maximum Gasteiger partial charge on any atom is 0.416 e. The van der Waals surface area contributed by atoms with Crippen LogP contribution >= 0.6 is 0 Å². The van der Waals surface area contributed by atoms with Gasteiger partial charge in [-0.05, 0) is 56.7 Å². The molecule has 1 heterocycles. The number of halogens is 5. The molecule has 34 heavy (non-hydrogen) atoms. The number of nitrogens with one attached hydrogen (secondary N) is 1. The zero-order valence-electron chi connectivity index (χ0n) is 18.5. The van der Waals surface area contributed by atoms with E-state index in [4.69, 9.17) is 4.74 Å². The molecule has 1 amide bonds. The Morgan fingerprint density at radius 3 is 2.50 bits per heavy atom. The van der Waals surface area contributed by atoms with Gasteiger partial charge in [-0.25, -0.2) is 0 Å². The van der Waals surface area contributed by atoms with E-state index in [1.807, 2.05) is 0 Å². The van der Waals surface area contributed by atoms with Crippen molar-refractivity contribution < 1.29 is 36.2 Å². The Morgan fingerprint density at radius 1 is 1.12 bits per heavy atom. The summed E-state index contributed by atoms with van der Waals surface area (Å²) in [5.41, 5.74) is 1.16. The molecule has 11 heteroatoms. The topological polar surface area (TPSA) is 65.4 Å². The summed E-state index contributed by atoms with van der Waals surface area (Å²) >= 11 is 0. The molecule has 0 bridgehead atoms. The fourth-order valence-electron chi connectivity index (χ4n) is 3.35. The van der Waals surface area contributed by atoms with Gasteiger partial charge < -0.3 is 14.8 Å². The number of nitrogens with zero attached hydrogens (tertiary/aromatic N) is 2. The lowest BCUT2D eigenvalue weighted by atomic mass is 10.1. The van der Waals surface area contributed by atoms with Gasteiger partial charge in [0.15, 0.2) is 11.5 Å². The van der Waals surface area contributed by atoms with Gasteiger partial charge in [-0.1, -0.05) is 12.1 Å². The molecule has 0 fully saturated rings. The number of benzene rings is 2. The Hall–Kier alpha value is -3.63. The second kappa shape index (κ2) is 10.1. The summed E-state index contributed by atoms with van der Waals surface area (Å²) in [6.45, 7) is 2.17.